The molecule has 6 nitrogen and oxygen atoms in total. The van der Waals surface area contributed by atoms with E-state index in [2.05, 4.69) is 25.3 Å². The number of para-hydroxylation sites is 2. The van der Waals surface area contributed by atoms with E-state index in [-0.39, 0.29) is 11.6 Å². The molecule has 1 aromatic carbocycles. The van der Waals surface area contributed by atoms with Crippen molar-refractivity contribution in [3.05, 3.63) is 40.4 Å². The molecule has 0 saturated heterocycles. The molecule has 6 heteroatoms. The minimum atomic E-state index is 0.000586. The molecule has 152 valence electrons. The van der Waals surface area contributed by atoms with Crippen molar-refractivity contribution in [2.75, 3.05) is 0 Å². The van der Waals surface area contributed by atoms with Crippen molar-refractivity contribution in [1.29, 1.82) is 0 Å². The molecule has 0 unspecified atom stereocenters. The van der Waals surface area contributed by atoms with Crippen molar-refractivity contribution in [3.63, 3.8) is 0 Å². The number of aryl methyl sites for hydroxylation is 1. The lowest BCUT2D eigenvalue weighted by atomic mass is 10.2. The van der Waals surface area contributed by atoms with Gasteiger partial charge < -0.3 is 4.57 Å². The summed E-state index contributed by atoms with van der Waals surface area (Å²) in [7, 11) is 0. The summed E-state index contributed by atoms with van der Waals surface area (Å²) in [5.41, 5.74) is 3.76. The molecular formula is C23H29N5O. The fourth-order valence-electron chi connectivity index (χ4n) is 4.02. The number of unbranched alkanes of at least 4 members (excludes halogenated alkanes) is 3. The first-order valence-corrected chi connectivity index (χ1v) is 10.7. The molecule has 4 aromatic rings. The van der Waals surface area contributed by atoms with E-state index in [9.17, 15) is 4.79 Å². The number of aromatic nitrogens is 5. The zero-order valence-electron chi connectivity index (χ0n) is 17.8. The van der Waals surface area contributed by atoms with E-state index in [1.54, 1.807) is 0 Å². The molecule has 0 fully saturated rings. The first-order valence-electron chi connectivity index (χ1n) is 10.7. The third-order valence-corrected chi connectivity index (χ3v) is 5.85. The van der Waals surface area contributed by atoms with Crippen LogP contribution in [0.4, 0.5) is 0 Å². The Balaban J connectivity index is 2.02. The zero-order valence-corrected chi connectivity index (χ0v) is 17.8. The van der Waals surface area contributed by atoms with Crippen LogP contribution in [0.15, 0.2) is 29.1 Å². The first-order chi connectivity index (χ1) is 14.1. The summed E-state index contributed by atoms with van der Waals surface area (Å²) in [4.78, 5) is 28.1. The van der Waals surface area contributed by atoms with E-state index in [0.717, 1.165) is 41.8 Å². The van der Waals surface area contributed by atoms with Gasteiger partial charge in [0.25, 0.3) is 5.56 Å². The lowest BCUT2D eigenvalue weighted by molar-refractivity contribution is 0.543. The third-order valence-electron chi connectivity index (χ3n) is 5.85. The highest BCUT2D eigenvalue weighted by molar-refractivity contribution is 6.04. The van der Waals surface area contributed by atoms with Gasteiger partial charge in [0, 0.05) is 12.6 Å². The van der Waals surface area contributed by atoms with E-state index in [1.807, 2.05) is 35.8 Å². The Labute approximate surface area is 170 Å². The van der Waals surface area contributed by atoms with Crippen LogP contribution in [-0.4, -0.2) is 24.1 Å². The van der Waals surface area contributed by atoms with Gasteiger partial charge in [-0.1, -0.05) is 45.2 Å². The average molecular weight is 392 g/mol. The summed E-state index contributed by atoms with van der Waals surface area (Å²) < 4.78 is 3.91. The average Bonchev–Trinajstić information content (AvgIpc) is 3.03. The summed E-state index contributed by atoms with van der Waals surface area (Å²) in [5, 5.41) is 0.597. The Morgan fingerprint density at radius 1 is 0.966 bits per heavy atom. The van der Waals surface area contributed by atoms with Crippen LogP contribution >= 0.6 is 0 Å². The van der Waals surface area contributed by atoms with Crippen LogP contribution in [0.25, 0.3) is 33.2 Å². The Morgan fingerprint density at radius 2 is 1.69 bits per heavy atom. The Morgan fingerprint density at radius 3 is 2.38 bits per heavy atom. The second-order valence-electron chi connectivity index (χ2n) is 7.89. The van der Waals surface area contributed by atoms with Crippen molar-refractivity contribution in [1.82, 2.24) is 24.1 Å². The maximum Gasteiger partial charge on any atom is 0.265 e. The maximum atomic E-state index is 13.5. The van der Waals surface area contributed by atoms with Crippen molar-refractivity contribution < 1.29 is 0 Å². The van der Waals surface area contributed by atoms with Gasteiger partial charge >= 0.3 is 0 Å². The quantitative estimate of drug-likeness (QED) is 0.408. The van der Waals surface area contributed by atoms with Gasteiger partial charge in [-0.3, -0.25) is 9.36 Å². The predicted octanol–water partition coefficient (Wildman–Crippen LogP) is 5.15. The van der Waals surface area contributed by atoms with Gasteiger partial charge in [0.1, 0.15) is 16.7 Å². The molecule has 29 heavy (non-hydrogen) atoms. The molecule has 0 radical (unpaired) electrons. The van der Waals surface area contributed by atoms with E-state index >= 15 is 0 Å². The number of nitrogens with zero attached hydrogens (tertiary/aromatic N) is 5. The van der Waals surface area contributed by atoms with E-state index in [1.165, 1.54) is 12.8 Å². The van der Waals surface area contributed by atoms with Crippen LogP contribution in [0.1, 0.15) is 64.7 Å². The second-order valence-corrected chi connectivity index (χ2v) is 7.89. The molecule has 0 spiro atoms. The minimum absolute atomic E-state index is 0.000586. The first kappa shape index (κ1) is 19.6. The van der Waals surface area contributed by atoms with Gasteiger partial charge in [0.15, 0.2) is 11.3 Å². The van der Waals surface area contributed by atoms with Crippen LogP contribution in [0.5, 0.6) is 0 Å². The molecule has 0 aliphatic rings. The van der Waals surface area contributed by atoms with Crippen molar-refractivity contribution in [2.24, 2.45) is 0 Å². The number of hydrogen-bond acceptors (Lipinski definition) is 4. The number of hydrogen-bond donors (Lipinski definition) is 0. The molecule has 0 N–H and O–H groups in total. The summed E-state index contributed by atoms with van der Waals surface area (Å²) in [5.74, 6) is 0.760. The van der Waals surface area contributed by atoms with Gasteiger partial charge in [0.2, 0.25) is 0 Å². The zero-order chi connectivity index (χ0) is 20.5. The fourth-order valence-corrected chi connectivity index (χ4v) is 4.02. The largest absolute Gasteiger partial charge is 0.306 e. The Bertz CT molecular complexity index is 1240. The number of fused-ring (bicyclic) bond motifs is 4. The third kappa shape index (κ3) is 3.30. The normalized spacial score (nSPS) is 13.0. The summed E-state index contributed by atoms with van der Waals surface area (Å²) in [6.45, 7) is 9.10. The molecule has 4 rings (SSSR count). The molecule has 0 saturated carbocycles. The SMILES string of the molecule is CCCCCCn1c(C)nc2c(c1=O)c1nc3ccccc3nc1n2[C@@H](C)CC. The smallest absolute Gasteiger partial charge is 0.265 e. The highest BCUT2D eigenvalue weighted by Crippen LogP contribution is 2.29. The molecule has 1 atom stereocenters. The number of benzene rings is 1. The van der Waals surface area contributed by atoms with Crippen LogP contribution in [0.2, 0.25) is 0 Å². The highest BCUT2D eigenvalue weighted by Gasteiger charge is 2.23. The summed E-state index contributed by atoms with van der Waals surface area (Å²) >= 11 is 0. The van der Waals surface area contributed by atoms with Gasteiger partial charge in [-0.25, -0.2) is 15.0 Å². The minimum Gasteiger partial charge on any atom is -0.306 e. The van der Waals surface area contributed by atoms with Gasteiger partial charge in [0.05, 0.1) is 11.0 Å². The van der Waals surface area contributed by atoms with Gasteiger partial charge in [-0.2, -0.15) is 0 Å². The highest BCUT2D eigenvalue weighted by atomic mass is 16.1. The Kier molecular flexibility index (Phi) is 5.35. The van der Waals surface area contributed by atoms with Gasteiger partial charge in [-0.05, 0) is 38.8 Å². The predicted molar refractivity (Wildman–Crippen MR) is 118 cm³/mol. The maximum absolute atomic E-state index is 13.5. The van der Waals surface area contributed by atoms with Crippen LogP contribution < -0.4 is 5.56 Å². The molecule has 0 bridgehead atoms. The summed E-state index contributed by atoms with van der Waals surface area (Å²) in [6.07, 6.45) is 5.40. The standard InChI is InChI=1S/C23H29N5O/c1-5-7-8-11-14-27-16(4)24-21-19(23(27)29)20-22(28(21)15(3)6-2)26-18-13-10-9-12-17(18)25-20/h9-10,12-13,15H,5-8,11,14H2,1-4H3/t15-/m0/s1. The number of rotatable bonds is 7. The monoisotopic (exact) mass is 391 g/mol. The summed E-state index contributed by atoms with van der Waals surface area (Å²) in [6, 6.07) is 8.00. The van der Waals surface area contributed by atoms with E-state index in [0.29, 0.717) is 23.1 Å². The van der Waals surface area contributed by atoms with E-state index < -0.39 is 0 Å². The molecule has 0 aliphatic heterocycles. The lowest BCUT2D eigenvalue weighted by Gasteiger charge is -2.14. The van der Waals surface area contributed by atoms with Crippen molar-refractivity contribution in [3.8, 4) is 0 Å². The molecule has 0 aliphatic carbocycles. The van der Waals surface area contributed by atoms with Crippen LogP contribution in [0, 0.1) is 6.92 Å². The Hall–Kier alpha value is -2.76. The topological polar surface area (TPSA) is 65.6 Å². The van der Waals surface area contributed by atoms with Crippen molar-refractivity contribution >= 4 is 33.2 Å². The molecule has 3 aromatic heterocycles. The van der Waals surface area contributed by atoms with E-state index in [4.69, 9.17) is 15.0 Å². The second kappa shape index (κ2) is 7.93. The molecular weight excluding hydrogens is 362 g/mol. The molecule has 0 amide bonds. The van der Waals surface area contributed by atoms with Crippen molar-refractivity contribution in [2.45, 2.75) is 72.4 Å². The van der Waals surface area contributed by atoms with Gasteiger partial charge in [-0.15, -0.1) is 0 Å². The lowest BCUT2D eigenvalue weighted by Crippen LogP contribution is -2.24. The van der Waals surface area contributed by atoms with Crippen LogP contribution in [-0.2, 0) is 6.54 Å². The van der Waals surface area contributed by atoms with Crippen LogP contribution in [0.3, 0.4) is 0 Å². The fraction of sp³-hybridized carbons (Fsp3) is 0.478. The molecule has 3 heterocycles.